The van der Waals surface area contributed by atoms with Crippen LogP contribution in [0.15, 0.2) is 59.5 Å². The average molecular weight is 468 g/mol. The first-order valence-corrected chi connectivity index (χ1v) is 12.2. The number of hydrogen-bond donors (Lipinski definition) is 2. The van der Waals surface area contributed by atoms with E-state index in [1.165, 1.54) is 50.2 Å². The van der Waals surface area contributed by atoms with Crippen molar-refractivity contribution in [3.05, 3.63) is 60.2 Å². The molecule has 0 saturated carbocycles. The van der Waals surface area contributed by atoms with Crippen molar-refractivity contribution < 1.29 is 27.8 Å². The number of benzene rings is 2. The van der Waals surface area contributed by atoms with Gasteiger partial charge >= 0.3 is 5.97 Å². The van der Waals surface area contributed by atoms with E-state index in [2.05, 4.69) is 4.72 Å². The van der Waals surface area contributed by atoms with Gasteiger partial charge < -0.3 is 14.6 Å². The van der Waals surface area contributed by atoms with Crippen molar-refractivity contribution >= 4 is 27.8 Å². The molecule has 170 valence electrons. The number of carbonyl (C=O) groups is 1. The molecule has 0 saturated heterocycles. The number of thioether (sulfide) groups is 1. The molecule has 0 aromatic heterocycles. The molecule has 2 N–H and O–H groups in total. The Labute approximate surface area is 188 Å². The van der Waals surface area contributed by atoms with Crippen LogP contribution in [0.3, 0.4) is 0 Å². The van der Waals surface area contributed by atoms with Crippen molar-refractivity contribution in [1.82, 2.24) is 4.72 Å². The van der Waals surface area contributed by atoms with Gasteiger partial charge in [-0.25, -0.2) is 8.42 Å². The van der Waals surface area contributed by atoms with Crippen LogP contribution in [0.5, 0.6) is 5.75 Å². The minimum Gasteiger partial charge on any atom is -0.497 e. The van der Waals surface area contributed by atoms with Gasteiger partial charge in [0.15, 0.2) is 0 Å². The lowest BCUT2D eigenvalue weighted by Gasteiger charge is -2.32. The minimum atomic E-state index is -3.98. The van der Waals surface area contributed by atoms with Gasteiger partial charge in [0.25, 0.3) is 0 Å². The maximum absolute atomic E-state index is 12.9. The third-order valence-corrected chi connectivity index (χ3v) is 7.68. The summed E-state index contributed by atoms with van der Waals surface area (Å²) < 4.78 is 37.3. The van der Waals surface area contributed by atoms with Gasteiger partial charge in [0.2, 0.25) is 10.0 Å². The van der Waals surface area contributed by atoms with Crippen LogP contribution in [-0.4, -0.2) is 50.3 Å². The van der Waals surface area contributed by atoms with Crippen molar-refractivity contribution in [2.24, 2.45) is 0 Å². The number of esters is 1. The first-order chi connectivity index (χ1) is 14.6. The highest BCUT2D eigenvalue weighted by Crippen LogP contribution is 2.32. The summed E-state index contributed by atoms with van der Waals surface area (Å²) in [5, 5.41) is 10.4. The Bertz CT molecular complexity index is 946. The fraction of sp³-hybridized carbons (Fsp3) is 0.409. The Morgan fingerprint density at radius 1 is 1.10 bits per heavy atom. The van der Waals surface area contributed by atoms with E-state index in [0.29, 0.717) is 17.9 Å². The number of ether oxygens (including phenoxy) is 2. The van der Waals surface area contributed by atoms with Crippen LogP contribution in [-0.2, 0) is 19.6 Å². The maximum Gasteiger partial charge on any atom is 0.325 e. The van der Waals surface area contributed by atoms with Gasteiger partial charge in [-0.05, 0) is 55.9 Å². The van der Waals surface area contributed by atoms with Gasteiger partial charge in [-0.1, -0.05) is 30.3 Å². The summed E-state index contributed by atoms with van der Waals surface area (Å²) in [6.07, 6.45) is -0.186. The average Bonchev–Trinajstić information content (AvgIpc) is 2.77. The lowest BCUT2D eigenvalue weighted by Crippen LogP contribution is -2.53. The molecule has 0 aliphatic heterocycles. The molecule has 0 aliphatic carbocycles. The molecular formula is C22H29NO6S2. The number of methoxy groups -OCH3 is 2. The van der Waals surface area contributed by atoms with Crippen LogP contribution in [0.4, 0.5) is 0 Å². The summed E-state index contributed by atoms with van der Waals surface area (Å²) in [7, 11) is -1.27. The standard InChI is InChI=1S/C22H29NO6S2/c1-22(2,30-15-14-19(24)16-8-6-5-7-9-16)20(21(25)29-4)23-31(26,27)18-12-10-17(28-3)11-13-18/h5-13,19-20,23-24H,14-15H2,1-4H3/t19-,20-/m0/s1. The molecule has 0 amide bonds. The molecule has 9 heteroatoms. The quantitative estimate of drug-likeness (QED) is 0.490. The highest BCUT2D eigenvalue weighted by Gasteiger charge is 2.40. The highest BCUT2D eigenvalue weighted by molar-refractivity contribution is 8.00. The fourth-order valence-electron chi connectivity index (χ4n) is 2.93. The lowest BCUT2D eigenvalue weighted by molar-refractivity contribution is -0.143. The molecule has 31 heavy (non-hydrogen) atoms. The smallest absolute Gasteiger partial charge is 0.325 e. The molecule has 2 atom stereocenters. The van der Waals surface area contributed by atoms with Crippen molar-refractivity contribution in [2.45, 2.75) is 42.1 Å². The molecule has 0 aliphatic rings. The van der Waals surface area contributed by atoms with Gasteiger partial charge in [-0.2, -0.15) is 16.5 Å². The van der Waals surface area contributed by atoms with Crippen LogP contribution < -0.4 is 9.46 Å². The van der Waals surface area contributed by atoms with E-state index in [0.717, 1.165) is 5.56 Å². The monoisotopic (exact) mass is 467 g/mol. The molecule has 0 unspecified atom stereocenters. The molecule has 2 aromatic carbocycles. The van der Waals surface area contributed by atoms with E-state index in [1.54, 1.807) is 13.8 Å². The second-order valence-corrected chi connectivity index (χ2v) is 10.9. The van der Waals surface area contributed by atoms with Gasteiger partial charge in [-0.3, -0.25) is 4.79 Å². The van der Waals surface area contributed by atoms with Crippen LogP contribution in [0.2, 0.25) is 0 Å². The lowest BCUT2D eigenvalue weighted by atomic mass is 10.0. The normalized spacial score (nSPS) is 14.0. The van der Waals surface area contributed by atoms with E-state index < -0.39 is 32.9 Å². The maximum atomic E-state index is 12.9. The Balaban J connectivity index is 2.11. The number of nitrogens with one attached hydrogen (secondary N) is 1. The summed E-state index contributed by atoms with van der Waals surface area (Å²) >= 11 is 1.39. The first kappa shape index (κ1) is 25.2. The topological polar surface area (TPSA) is 102 Å². The Morgan fingerprint density at radius 3 is 2.26 bits per heavy atom. The first-order valence-electron chi connectivity index (χ1n) is 9.72. The van der Waals surface area contributed by atoms with Crippen LogP contribution in [0.25, 0.3) is 0 Å². The molecule has 0 fully saturated rings. The van der Waals surface area contributed by atoms with Crippen molar-refractivity contribution in [2.75, 3.05) is 20.0 Å². The van der Waals surface area contributed by atoms with Gasteiger partial charge in [0.05, 0.1) is 25.2 Å². The third-order valence-electron chi connectivity index (χ3n) is 4.82. The van der Waals surface area contributed by atoms with Gasteiger partial charge in [0.1, 0.15) is 11.8 Å². The summed E-state index contributed by atoms with van der Waals surface area (Å²) in [6.45, 7) is 3.54. The van der Waals surface area contributed by atoms with Crippen LogP contribution in [0, 0.1) is 0 Å². The van der Waals surface area contributed by atoms with Crippen molar-refractivity contribution in [3.8, 4) is 5.75 Å². The summed E-state index contributed by atoms with van der Waals surface area (Å²) in [5.74, 6) is 0.357. The Hall–Kier alpha value is -2.07. The largest absolute Gasteiger partial charge is 0.497 e. The SMILES string of the molecule is COC(=O)[C@H](NS(=O)(=O)c1ccc(OC)cc1)C(C)(C)SCC[C@H](O)c1ccccc1. The van der Waals surface area contributed by atoms with Crippen molar-refractivity contribution in [1.29, 1.82) is 0 Å². The van der Waals surface area contributed by atoms with E-state index in [1.807, 2.05) is 30.3 Å². The molecule has 0 spiro atoms. The number of sulfonamides is 1. The Kier molecular flexibility index (Phi) is 8.93. The Morgan fingerprint density at radius 2 is 1.71 bits per heavy atom. The molecule has 7 nitrogen and oxygen atoms in total. The molecule has 0 heterocycles. The van der Waals surface area contributed by atoms with Crippen molar-refractivity contribution in [3.63, 3.8) is 0 Å². The summed E-state index contributed by atoms with van der Waals surface area (Å²) in [4.78, 5) is 12.5. The molecule has 2 rings (SSSR count). The fourth-order valence-corrected chi connectivity index (χ4v) is 5.52. The van der Waals surface area contributed by atoms with Crippen LogP contribution in [0.1, 0.15) is 31.9 Å². The zero-order chi connectivity index (χ0) is 23.1. The highest BCUT2D eigenvalue weighted by atomic mass is 32.2. The zero-order valence-electron chi connectivity index (χ0n) is 18.1. The number of rotatable bonds is 11. The summed E-state index contributed by atoms with van der Waals surface area (Å²) in [6, 6.07) is 14.1. The minimum absolute atomic E-state index is 0.0162. The van der Waals surface area contributed by atoms with Crippen LogP contribution >= 0.6 is 11.8 Å². The summed E-state index contributed by atoms with van der Waals surface area (Å²) in [5.41, 5.74) is 0.811. The third kappa shape index (κ3) is 6.96. The number of hydrogen-bond acceptors (Lipinski definition) is 7. The number of aliphatic hydroxyl groups excluding tert-OH is 1. The second kappa shape index (κ2) is 11.0. The van der Waals surface area contributed by atoms with E-state index in [4.69, 9.17) is 9.47 Å². The molecule has 2 aromatic rings. The predicted molar refractivity (Wildman–Crippen MR) is 122 cm³/mol. The number of aliphatic hydroxyl groups is 1. The van der Waals surface area contributed by atoms with E-state index >= 15 is 0 Å². The van der Waals surface area contributed by atoms with E-state index in [9.17, 15) is 18.3 Å². The van der Waals surface area contributed by atoms with Gasteiger partial charge in [0, 0.05) is 4.75 Å². The second-order valence-electron chi connectivity index (χ2n) is 7.42. The number of carbonyl (C=O) groups excluding carboxylic acids is 1. The van der Waals surface area contributed by atoms with Gasteiger partial charge in [-0.15, -0.1) is 0 Å². The predicted octanol–water partition coefficient (Wildman–Crippen LogP) is 3.15. The van der Waals surface area contributed by atoms with E-state index in [-0.39, 0.29) is 4.90 Å². The molecular weight excluding hydrogens is 438 g/mol. The molecule has 0 radical (unpaired) electrons. The zero-order valence-corrected chi connectivity index (χ0v) is 19.7. The molecule has 0 bridgehead atoms.